The average Bonchev–Trinajstić information content (AvgIpc) is 3.27. The Morgan fingerprint density at radius 1 is 0.970 bits per heavy atom. The number of fused-ring (bicyclic) bond motifs is 1. The number of aromatic nitrogens is 7. The zero-order valence-electron chi connectivity index (χ0n) is 18.3. The van der Waals surface area contributed by atoms with Gasteiger partial charge < -0.3 is 10.6 Å². The van der Waals surface area contributed by atoms with Crippen molar-refractivity contribution in [3.05, 3.63) is 69.5 Å². The molecule has 0 saturated heterocycles. The summed E-state index contributed by atoms with van der Waals surface area (Å²) in [5.41, 5.74) is 0.882. The summed E-state index contributed by atoms with van der Waals surface area (Å²) in [6.07, 6.45) is 9.08. The minimum Gasteiger partial charge on any atom is -0.367 e. The lowest BCUT2D eigenvalue weighted by Crippen LogP contribution is -2.38. The van der Waals surface area contributed by atoms with Crippen LogP contribution >= 0.6 is 0 Å². The predicted octanol–water partition coefficient (Wildman–Crippen LogP) is 1.42. The van der Waals surface area contributed by atoms with Gasteiger partial charge in [0.25, 0.3) is 5.56 Å². The molecule has 0 aromatic carbocycles. The molecule has 1 aliphatic carbocycles. The molecular weight excluding hydrogens is 422 g/mol. The van der Waals surface area contributed by atoms with Crippen LogP contribution in [0.1, 0.15) is 25.0 Å². The van der Waals surface area contributed by atoms with Gasteiger partial charge in [-0.3, -0.25) is 14.3 Å². The number of hydrogen-bond donors (Lipinski definition) is 2. The zero-order chi connectivity index (χ0) is 22.9. The highest BCUT2D eigenvalue weighted by Crippen LogP contribution is 2.24. The maximum atomic E-state index is 12.9. The Morgan fingerprint density at radius 2 is 1.79 bits per heavy atom. The second-order valence-electron chi connectivity index (χ2n) is 8.20. The summed E-state index contributed by atoms with van der Waals surface area (Å²) >= 11 is 0. The summed E-state index contributed by atoms with van der Waals surface area (Å²) in [7, 11) is 1.63. The Balaban J connectivity index is 1.30. The lowest BCUT2D eigenvalue weighted by Gasteiger charge is -2.15. The monoisotopic (exact) mass is 445 g/mol. The van der Waals surface area contributed by atoms with Gasteiger partial charge in [-0.2, -0.15) is 5.10 Å². The molecule has 0 radical (unpaired) electrons. The average molecular weight is 445 g/mol. The van der Waals surface area contributed by atoms with E-state index in [4.69, 9.17) is 0 Å². The van der Waals surface area contributed by atoms with Crippen LogP contribution in [0.25, 0.3) is 16.6 Å². The largest absolute Gasteiger partial charge is 0.367 e. The fourth-order valence-electron chi connectivity index (χ4n) is 4.17. The minimum atomic E-state index is -0.432. The summed E-state index contributed by atoms with van der Waals surface area (Å²) < 4.78 is 2.55. The van der Waals surface area contributed by atoms with Gasteiger partial charge in [0.1, 0.15) is 5.82 Å². The summed E-state index contributed by atoms with van der Waals surface area (Å²) in [4.78, 5) is 38.4. The van der Waals surface area contributed by atoms with Gasteiger partial charge in [0.15, 0.2) is 0 Å². The van der Waals surface area contributed by atoms with E-state index in [1.165, 1.54) is 17.0 Å². The molecule has 0 bridgehead atoms. The van der Waals surface area contributed by atoms with Gasteiger partial charge in [0.05, 0.1) is 34.7 Å². The number of hydrogen-bond acceptors (Lipinski definition) is 9. The molecule has 0 unspecified atom stereocenters. The smallest absolute Gasteiger partial charge is 0.335 e. The van der Waals surface area contributed by atoms with Crippen molar-refractivity contribution in [1.82, 2.24) is 34.3 Å². The first-order chi connectivity index (χ1) is 16.0. The fraction of sp³-hybridized carbons (Fsp3) is 0.318. The quantitative estimate of drug-likeness (QED) is 0.468. The normalized spacial score (nSPS) is 17.9. The summed E-state index contributed by atoms with van der Waals surface area (Å²) in [6, 6.07) is 5.64. The molecule has 0 aliphatic heterocycles. The van der Waals surface area contributed by atoms with Gasteiger partial charge in [-0.1, -0.05) is 0 Å². The number of nitrogens with zero attached hydrogens (tertiary/aromatic N) is 7. The second-order valence-corrected chi connectivity index (χ2v) is 8.20. The van der Waals surface area contributed by atoms with E-state index in [1.807, 2.05) is 6.92 Å². The van der Waals surface area contributed by atoms with Crippen molar-refractivity contribution in [2.24, 2.45) is 7.05 Å². The van der Waals surface area contributed by atoms with Crippen LogP contribution < -0.4 is 21.9 Å². The van der Waals surface area contributed by atoms with Crippen LogP contribution in [-0.4, -0.2) is 46.4 Å². The number of anilines is 2. The summed E-state index contributed by atoms with van der Waals surface area (Å²) in [5, 5.41) is 15.2. The van der Waals surface area contributed by atoms with Crippen molar-refractivity contribution in [2.75, 3.05) is 10.6 Å². The first kappa shape index (κ1) is 20.7. The van der Waals surface area contributed by atoms with E-state index >= 15 is 0 Å². The summed E-state index contributed by atoms with van der Waals surface area (Å²) in [5.74, 6) is 1.22. The number of rotatable bonds is 5. The topological polar surface area (TPSA) is 133 Å². The number of aryl methyl sites for hydroxylation is 2. The highest BCUT2D eigenvalue weighted by atomic mass is 16.2. The van der Waals surface area contributed by atoms with Gasteiger partial charge in [-0.15, -0.1) is 5.10 Å². The van der Waals surface area contributed by atoms with Gasteiger partial charge in [0.2, 0.25) is 5.95 Å². The minimum absolute atomic E-state index is 0.238. The molecule has 4 aromatic rings. The molecule has 1 fully saturated rings. The molecule has 11 nitrogen and oxygen atoms in total. The molecule has 4 heterocycles. The second kappa shape index (κ2) is 8.41. The van der Waals surface area contributed by atoms with Crippen LogP contribution in [0.4, 0.5) is 11.8 Å². The van der Waals surface area contributed by atoms with Crippen molar-refractivity contribution < 1.29 is 0 Å². The summed E-state index contributed by atoms with van der Waals surface area (Å²) in [6.45, 7) is 1.85. The maximum absolute atomic E-state index is 12.9. The van der Waals surface area contributed by atoms with Crippen molar-refractivity contribution in [3.8, 4) is 5.69 Å². The third-order valence-electron chi connectivity index (χ3n) is 5.87. The fourth-order valence-corrected chi connectivity index (χ4v) is 4.17. The van der Waals surface area contributed by atoms with E-state index in [0.29, 0.717) is 28.4 Å². The highest BCUT2D eigenvalue weighted by Gasteiger charge is 2.25. The van der Waals surface area contributed by atoms with Crippen molar-refractivity contribution in [1.29, 1.82) is 0 Å². The van der Waals surface area contributed by atoms with Crippen LogP contribution in [0.5, 0.6) is 0 Å². The SMILES string of the molecule is Cc1cnc(N[C@H]2CC[C@H](Nc3ccc(-n4c(=O)c5cnccc5n(C)c4=O)cn3)C2)nn1. The van der Waals surface area contributed by atoms with E-state index in [0.717, 1.165) is 29.5 Å². The van der Waals surface area contributed by atoms with Crippen LogP contribution in [-0.2, 0) is 7.05 Å². The molecule has 33 heavy (non-hydrogen) atoms. The van der Waals surface area contributed by atoms with E-state index in [-0.39, 0.29) is 12.1 Å². The Kier molecular flexibility index (Phi) is 5.29. The van der Waals surface area contributed by atoms with Crippen molar-refractivity contribution >= 4 is 22.7 Å². The highest BCUT2D eigenvalue weighted by molar-refractivity contribution is 5.76. The molecule has 1 aliphatic rings. The van der Waals surface area contributed by atoms with Gasteiger partial charge in [0, 0.05) is 31.5 Å². The Hall–Kier alpha value is -4.15. The van der Waals surface area contributed by atoms with E-state index < -0.39 is 11.2 Å². The molecule has 1 saturated carbocycles. The predicted molar refractivity (Wildman–Crippen MR) is 124 cm³/mol. The van der Waals surface area contributed by atoms with Gasteiger partial charge in [-0.05, 0) is 44.4 Å². The molecule has 2 atom stereocenters. The first-order valence-corrected chi connectivity index (χ1v) is 10.7. The van der Waals surface area contributed by atoms with Crippen LogP contribution in [0, 0.1) is 6.92 Å². The maximum Gasteiger partial charge on any atom is 0.335 e. The van der Waals surface area contributed by atoms with E-state index in [2.05, 4.69) is 35.8 Å². The third kappa shape index (κ3) is 4.04. The van der Waals surface area contributed by atoms with Crippen LogP contribution in [0.2, 0.25) is 0 Å². The first-order valence-electron chi connectivity index (χ1n) is 10.7. The Bertz CT molecular complexity index is 1410. The molecular formula is C22H23N9O2. The number of pyridine rings is 2. The van der Waals surface area contributed by atoms with Gasteiger partial charge >= 0.3 is 5.69 Å². The number of nitrogens with one attached hydrogen (secondary N) is 2. The Morgan fingerprint density at radius 3 is 2.52 bits per heavy atom. The lowest BCUT2D eigenvalue weighted by molar-refractivity contribution is 0.712. The van der Waals surface area contributed by atoms with Crippen molar-refractivity contribution in [3.63, 3.8) is 0 Å². The molecule has 4 aromatic heterocycles. The standard InChI is InChI=1S/C22H23N9O2/c1-13-10-25-21(29-28-13)27-15-4-3-14(9-15)26-19-6-5-16(11-24-19)31-20(32)17-12-23-8-7-18(17)30(2)22(31)33/h5-8,10-12,14-15H,3-4,9H2,1-2H3,(H,24,26)(H,25,27,29)/t14-,15-/m0/s1. The molecule has 2 N–H and O–H groups in total. The zero-order valence-corrected chi connectivity index (χ0v) is 18.3. The van der Waals surface area contributed by atoms with Crippen molar-refractivity contribution in [2.45, 2.75) is 38.3 Å². The molecule has 11 heteroatoms. The van der Waals surface area contributed by atoms with E-state index in [1.54, 1.807) is 37.6 Å². The Labute approximate surface area is 188 Å². The molecule has 0 amide bonds. The lowest BCUT2D eigenvalue weighted by atomic mass is 10.2. The van der Waals surface area contributed by atoms with E-state index in [9.17, 15) is 9.59 Å². The van der Waals surface area contributed by atoms with Crippen LogP contribution in [0.15, 0.2) is 52.6 Å². The van der Waals surface area contributed by atoms with Crippen LogP contribution in [0.3, 0.4) is 0 Å². The molecule has 5 rings (SSSR count). The molecule has 0 spiro atoms. The molecule has 168 valence electrons. The third-order valence-corrected chi connectivity index (χ3v) is 5.87. The van der Waals surface area contributed by atoms with Gasteiger partial charge in [-0.25, -0.2) is 19.3 Å².